The van der Waals surface area contributed by atoms with Gasteiger partial charge in [-0.15, -0.1) is 12.4 Å². The number of aromatic amines is 1. The smallest absolute Gasteiger partial charge is 0.267 e. The standard InChI is InChI=1S/C12H15Br2N5O.ClH/c1-19-9(5-8(13)10(19)14)11(20)16-4-2-3-7-6-17-12(15)18-7;/h5-6H,2-4H2,1H3,(H,16,20)(H3,15,17,18);1H. The number of carbonyl (C=O) groups excluding carboxylic acids is 1. The lowest BCUT2D eigenvalue weighted by atomic mass is 10.2. The highest BCUT2D eigenvalue weighted by atomic mass is 79.9. The molecule has 0 radical (unpaired) electrons. The lowest BCUT2D eigenvalue weighted by Gasteiger charge is -2.06. The minimum Gasteiger partial charge on any atom is -0.369 e. The fourth-order valence-electron chi connectivity index (χ4n) is 1.83. The number of nitrogens with two attached hydrogens (primary N) is 1. The van der Waals surface area contributed by atoms with Gasteiger partial charge in [0, 0.05) is 19.8 Å². The molecule has 2 rings (SSSR count). The molecule has 0 fully saturated rings. The van der Waals surface area contributed by atoms with E-state index in [9.17, 15) is 4.79 Å². The molecule has 0 aliphatic rings. The first-order valence-corrected chi connectivity index (χ1v) is 7.66. The summed E-state index contributed by atoms with van der Waals surface area (Å²) in [5.41, 5.74) is 7.00. The third-order valence-corrected chi connectivity index (χ3v) is 4.99. The second-order valence-corrected chi connectivity index (χ2v) is 5.97. The fraction of sp³-hybridized carbons (Fsp3) is 0.333. The maximum Gasteiger partial charge on any atom is 0.267 e. The molecule has 0 bridgehead atoms. The summed E-state index contributed by atoms with van der Waals surface area (Å²) >= 11 is 6.77. The Labute approximate surface area is 145 Å². The number of hydrogen-bond acceptors (Lipinski definition) is 3. The molecule has 2 aromatic rings. The number of aromatic nitrogens is 3. The molecule has 0 aromatic carbocycles. The summed E-state index contributed by atoms with van der Waals surface area (Å²) in [6, 6.07) is 1.79. The largest absolute Gasteiger partial charge is 0.369 e. The summed E-state index contributed by atoms with van der Waals surface area (Å²) in [6.07, 6.45) is 3.36. The first kappa shape index (κ1) is 18.1. The van der Waals surface area contributed by atoms with Crippen LogP contribution in [0.3, 0.4) is 0 Å². The number of carbonyl (C=O) groups is 1. The van der Waals surface area contributed by atoms with Gasteiger partial charge in [0.1, 0.15) is 5.69 Å². The number of imidazole rings is 1. The van der Waals surface area contributed by atoms with Crippen molar-refractivity contribution in [3.8, 4) is 0 Å². The Kier molecular flexibility index (Phi) is 6.76. The van der Waals surface area contributed by atoms with Gasteiger partial charge in [-0.3, -0.25) is 4.79 Å². The molecule has 2 aromatic heterocycles. The molecule has 4 N–H and O–H groups in total. The van der Waals surface area contributed by atoms with Crippen LogP contribution >= 0.6 is 44.3 Å². The summed E-state index contributed by atoms with van der Waals surface area (Å²) in [5.74, 6) is 0.322. The summed E-state index contributed by atoms with van der Waals surface area (Å²) < 4.78 is 3.49. The Morgan fingerprint density at radius 1 is 1.52 bits per heavy atom. The zero-order chi connectivity index (χ0) is 14.7. The highest BCUT2D eigenvalue weighted by Crippen LogP contribution is 2.26. The third kappa shape index (κ3) is 4.49. The van der Waals surface area contributed by atoms with Crippen LogP contribution in [-0.4, -0.2) is 27.0 Å². The van der Waals surface area contributed by atoms with Crippen LogP contribution in [0.1, 0.15) is 22.6 Å². The number of rotatable bonds is 5. The molecule has 0 aliphatic heterocycles. The van der Waals surface area contributed by atoms with E-state index in [-0.39, 0.29) is 18.3 Å². The monoisotopic (exact) mass is 439 g/mol. The van der Waals surface area contributed by atoms with Crippen LogP contribution in [0.4, 0.5) is 5.95 Å². The molecule has 2 heterocycles. The van der Waals surface area contributed by atoms with E-state index < -0.39 is 0 Å². The van der Waals surface area contributed by atoms with Gasteiger partial charge in [-0.2, -0.15) is 0 Å². The number of H-pyrrole nitrogens is 1. The summed E-state index contributed by atoms with van der Waals surface area (Å²) in [5, 5.41) is 2.89. The average molecular weight is 442 g/mol. The van der Waals surface area contributed by atoms with E-state index in [1.807, 2.05) is 7.05 Å². The highest BCUT2D eigenvalue weighted by molar-refractivity contribution is 9.13. The van der Waals surface area contributed by atoms with Gasteiger partial charge in [0.25, 0.3) is 5.91 Å². The van der Waals surface area contributed by atoms with Gasteiger partial charge < -0.3 is 20.6 Å². The van der Waals surface area contributed by atoms with Crippen molar-refractivity contribution >= 4 is 56.1 Å². The van der Waals surface area contributed by atoms with Gasteiger partial charge >= 0.3 is 0 Å². The highest BCUT2D eigenvalue weighted by Gasteiger charge is 2.14. The molecule has 1 amide bonds. The number of hydrogen-bond donors (Lipinski definition) is 3. The minimum absolute atomic E-state index is 0. The Morgan fingerprint density at radius 2 is 2.24 bits per heavy atom. The Bertz CT molecular complexity index is 625. The maximum atomic E-state index is 12.0. The molecule has 0 unspecified atom stereocenters. The molecule has 0 saturated heterocycles. The van der Waals surface area contributed by atoms with Crippen LogP contribution in [0.5, 0.6) is 0 Å². The number of aryl methyl sites for hydroxylation is 1. The van der Waals surface area contributed by atoms with Gasteiger partial charge in [-0.1, -0.05) is 0 Å². The summed E-state index contributed by atoms with van der Waals surface area (Å²) in [7, 11) is 1.83. The number of nitrogens with one attached hydrogen (secondary N) is 2. The lowest BCUT2D eigenvalue weighted by molar-refractivity contribution is 0.0945. The second kappa shape index (κ2) is 7.86. The Morgan fingerprint density at radius 3 is 2.76 bits per heavy atom. The third-order valence-electron chi connectivity index (χ3n) is 2.89. The van der Waals surface area contributed by atoms with Crippen LogP contribution in [0, 0.1) is 0 Å². The lowest BCUT2D eigenvalue weighted by Crippen LogP contribution is -2.26. The van der Waals surface area contributed by atoms with Crippen LogP contribution < -0.4 is 11.1 Å². The molecule has 0 saturated carbocycles. The van der Waals surface area contributed by atoms with Crippen molar-refractivity contribution in [1.82, 2.24) is 19.9 Å². The molecule has 9 heteroatoms. The van der Waals surface area contributed by atoms with Crippen molar-refractivity contribution in [3.63, 3.8) is 0 Å². The van der Waals surface area contributed by atoms with Crippen molar-refractivity contribution in [2.75, 3.05) is 12.3 Å². The van der Waals surface area contributed by atoms with Crippen molar-refractivity contribution in [2.24, 2.45) is 7.05 Å². The van der Waals surface area contributed by atoms with E-state index in [0.717, 1.165) is 27.6 Å². The van der Waals surface area contributed by atoms with Crippen LogP contribution in [0.25, 0.3) is 0 Å². The zero-order valence-corrected chi connectivity index (χ0v) is 15.3. The molecule has 0 aliphatic carbocycles. The quantitative estimate of drug-likeness (QED) is 0.624. The number of anilines is 1. The van der Waals surface area contributed by atoms with Crippen molar-refractivity contribution < 1.29 is 4.79 Å². The Hall–Kier alpha value is -0.990. The predicted octanol–water partition coefficient (Wildman–Crippen LogP) is 2.64. The molecular weight excluding hydrogens is 425 g/mol. The number of amides is 1. The molecule has 116 valence electrons. The van der Waals surface area contributed by atoms with E-state index in [0.29, 0.717) is 18.2 Å². The first-order valence-electron chi connectivity index (χ1n) is 6.07. The van der Waals surface area contributed by atoms with Crippen molar-refractivity contribution in [1.29, 1.82) is 0 Å². The van der Waals surface area contributed by atoms with Crippen molar-refractivity contribution in [2.45, 2.75) is 12.8 Å². The normalized spacial score (nSPS) is 10.2. The summed E-state index contributed by atoms with van der Waals surface area (Å²) in [4.78, 5) is 19.0. The molecular formula is C12H16Br2ClN5O. The van der Waals surface area contributed by atoms with Gasteiger partial charge in [-0.25, -0.2) is 4.98 Å². The fourth-order valence-corrected chi connectivity index (χ4v) is 2.62. The van der Waals surface area contributed by atoms with E-state index in [1.165, 1.54) is 0 Å². The molecule has 6 nitrogen and oxygen atoms in total. The number of nitrogens with zero attached hydrogens (tertiary/aromatic N) is 2. The molecule has 0 atom stereocenters. The van der Waals surface area contributed by atoms with Crippen LogP contribution in [0.2, 0.25) is 0 Å². The van der Waals surface area contributed by atoms with E-state index >= 15 is 0 Å². The number of nitrogen functional groups attached to an aromatic ring is 1. The Balaban J connectivity index is 0.00000220. The van der Waals surface area contributed by atoms with Gasteiger partial charge in [0.05, 0.1) is 14.8 Å². The van der Waals surface area contributed by atoms with Gasteiger partial charge in [0.15, 0.2) is 5.95 Å². The number of halogens is 3. The molecule has 0 spiro atoms. The minimum atomic E-state index is -0.0968. The molecule has 21 heavy (non-hydrogen) atoms. The first-order chi connectivity index (χ1) is 9.49. The SMILES string of the molecule is Cl.Cn1c(C(=O)NCCCc2c[nH]c(N)n2)cc(Br)c1Br. The van der Waals surface area contributed by atoms with Crippen LogP contribution in [-0.2, 0) is 13.5 Å². The van der Waals surface area contributed by atoms with Gasteiger partial charge in [-0.05, 0) is 50.8 Å². The summed E-state index contributed by atoms with van der Waals surface area (Å²) in [6.45, 7) is 0.589. The van der Waals surface area contributed by atoms with Crippen LogP contribution in [0.15, 0.2) is 21.3 Å². The average Bonchev–Trinajstić information content (AvgIpc) is 2.94. The maximum absolute atomic E-state index is 12.0. The zero-order valence-electron chi connectivity index (χ0n) is 11.3. The topological polar surface area (TPSA) is 88.7 Å². The van der Waals surface area contributed by atoms with Gasteiger partial charge in [0.2, 0.25) is 0 Å². The predicted molar refractivity (Wildman–Crippen MR) is 91.7 cm³/mol. The van der Waals surface area contributed by atoms with E-state index in [4.69, 9.17) is 5.73 Å². The van der Waals surface area contributed by atoms with E-state index in [2.05, 4.69) is 47.1 Å². The van der Waals surface area contributed by atoms with Crippen molar-refractivity contribution in [3.05, 3.63) is 32.7 Å². The second-order valence-electron chi connectivity index (χ2n) is 4.36. The van der Waals surface area contributed by atoms with E-state index in [1.54, 1.807) is 16.8 Å².